The lowest BCUT2D eigenvalue weighted by molar-refractivity contribution is -0.664. The SMILES string of the molecule is Nc1nc2c(ccc[n+]2Cc2ccccc2)c(=O)[nH]1. The summed E-state index contributed by atoms with van der Waals surface area (Å²) in [5.41, 5.74) is 7.12. The van der Waals surface area contributed by atoms with Crippen LogP contribution in [0.3, 0.4) is 0 Å². The van der Waals surface area contributed by atoms with Crippen molar-refractivity contribution in [3.63, 3.8) is 0 Å². The number of benzene rings is 1. The molecule has 2 aromatic heterocycles. The number of nitrogens with two attached hydrogens (primary N) is 1. The number of nitrogens with one attached hydrogen (secondary N) is 1. The maximum Gasteiger partial charge on any atom is 0.340 e. The number of aromatic amines is 1. The third kappa shape index (κ3) is 2.18. The predicted molar refractivity (Wildman–Crippen MR) is 72.5 cm³/mol. The highest BCUT2D eigenvalue weighted by Crippen LogP contribution is 2.04. The fourth-order valence-corrected chi connectivity index (χ4v) is 2.08. The molecule has 94 valence electrons. The number of hydrogen-bond acceptors (Lipinski definition) is 3. The van der Waals surface area contributed by atoms with Gasteiger partial charge in [0.2, 0.25) is 0 Å². The van der Waals surface area contributed by atoms with E-state index in [-0.39, 0.29) is 11.5 Å². The van der Waals surface area contributed by atoms with Gasteiger partial charge in [-0.05, 0) is 22.7 Å². The minimum absolute atomic E-state index is 0.130. The van der Waals surface area contributed by atoms with Gasteiger partial charge in [-0.25, -0.2) is 4.57 Å². The van der Waals surface area contributed by atoms with Crippen LogP contribution >= 0.6 is 0 Å². The molecule has 2 heterocycles. The summed E-state index contributed by atoms with van der Waals surface area (Å²) in [7, 11) is 0. The van der Waals surface area contributed by atoms with E-state index in [2.05, 4.69) is 9.97 Å². The van der Waals surface area contributed by atoms with Crippen LogP contribution in [0.15, 0.2) is 53.5 Å². The van der Waals surface area contributed by atoms with Gasteiger partial charge in [-0.2, -0.15) is 0 Å². The van der Waals surface area contributed by atoms with Crippen LogP contribution in [0.25, 0.3) is 11.0 Å². The number of aromatic nitrogens is 3. The minimum atomic E-state index is -0.218. The molecule has 5 nitrogen and oxygen atoms in total. The molecule has 0 fully saturated rings. The van der Waals surface area contributed by atoms with E-state index in [4.69, 9.17) is 5.73 Å². The summed E-state index contributed by atoms with van der Waals surface area (Å²) in [6.45, 7) is 0.647. The van der Waals surface area contributed by atoms with Gasteiger partial charge in [0, 0.05) is 0 Å². The Balaban J connectivity index is 2.17. The van der Waals surface area contributed by atoms with Gasteiger partial charge in [-0.15, -0.1) is 0 Å². The number of H-pyrrole nitrogens is 1. The molecule has 3 N–H and O–H groups in total. The van der Waals surface area contributed by atoms with Crippen LogP contribution in [0.4, 0.5) is 5.95 Å². The molecule has 0 unspecified atom stereocenters. The smallest absolute Gasteiger partial charge is 0.340 e. The molecule has 0 saturated carbocycles. The summed E-state index contributed by atoms with van der Waals surface area (Å²) in [4.78, 5) is 18.5. The van der Waals surface area contributed by atoms with Gasteiger partial charge < -0.3 is 5.73 Å². The van der Waals surface area contributed by atoms with E-state index in [1.165, 1.54) is 0 Å². The van der Waals surface area contributed by atoms with Gasteiger partial charge in [-0.1, -0.05) is 30.3 Å². The average molecular weight is 253 g/mol. The van der Waals surface area contributed by atoms with Crippen molar-refractivity contribution in [2.45, 2.75) is 6.54 Å². The van der Waals surface area contributed by atoms with Gasteiger partial charge in [0.05, 0.1) is 6.20 Å². The molecule has 19 heavy (non-hydrogen) atoms. The fraction of sp³-hybridized carbons (Fsp3) is 0.0714. The number of rotatable bonds is 2. The number of fused-ring (bicyclic) bond motifs is 1. The summed E-state index contributed by atoms with van der Waals surface area (Å²) in [6.07, 6.45) is 1.89. The fourth-order valence-electron chi connectivity index (χ4n) is 2.08. The van der Waals surface area contributed by atoms with Gasteiger partial charge in [0.15, 0.2) is 0 Å². The van der Waals surface area contributed by atoms with E-state index in [1.807, 2.05) is 47.2 Å². The first-order valence-corrected chi connectivity index (χ1v) is 5.96. The maximum atomic E-state index is 11.8. The van der Waals surface area contributed by atoms with E-state index in [0.717, 1.165) is 5.56 Å². The lowest BCUT2D eigenvalue weighted by Crippen LogP contribution is -2.37. The van der Waals surface area contributed by atoms with Crippen molar-refractivity contribution in [1.82, 2.24) is 9.97 Å². The van der Waals surface area contributed by atoms with Gasteiger partial charge >= 0.3 is 11.6 Å². The molecule has 0 atom stereocenters. The number of nitrogen functional groups attached to an aromatic ring is 1. The zero-order valence-corrected chi connectivity index (χ0v) is 10.2. The highest BCUT2D eigenvalue weighted by atomic mass is 16.1. The van der Waals surface area contributed by atoms with Crippen LogP contribution in [0.1, 0.15) is 5.56 Å². The Hall–Kier alpha value is -2.69. The predicted octanol–water partition coefficient (Wildman–Crippen LogP) is 0.841. The van der Waals surface area contributed by atoms with Crippen molar-refractivity contribution < 1.29 is 4.57 Å². The zero-order valence-electron chi connectivity index (χ0n) is 10.2. The van der Waals surface area contributed by atoms with Crippen molar-refractivity contribution in [1.29, 1.82) is 0 Å². The second kappa shape index (κ2) is 4.53. The van der Waals surface area contributed by atoms with E-state index in [0.29, 0.717) is 17.6 Å². The summed E-state index contributed by atoms with van der Waals surface area (Å²) in [5, 5.41) is 0.535. The molecule has 0 saturated heterocycles. The van der Waals surface area contributed by atoms with E-state index in [1.54, 1.807) is 6.07 Å². The van der Waals surface area contributed by atoms with Crippen LogP contribution in [0.2, 0.25) is 0 Å². The molecule has 0 aliphatic carbocycles. The van der Waals surface area contributed by atoms with Gasteiger partial charge in [0.25, 0.3) is 5.56 Å². The Bertz CT molecular complexity index is 780. The highest BCUT2D eigenvalue weighted by Gasteiger charge is 2.14. The zero-order chi connectivity index (χ0) is 13.2. The Labute approximate surface area is 109 Å². The molecule has 3 aromatic rings. The summed E-state index contributed by atoms with van der Waals surface area (Å²) >= 11 is 0. The van der Waals surface area contributed by atoms with Crippen LogP contribution in [-0.4, -0.2) is 9.97 Å². The van der Waals surface area contributed by atoms with Crippen LogP contribution in [0.5, 0.6) is 0 Å². The Kier molecular flexibility index (Phi) is 2.72. The van der Waals surface area contributed by atoms with Crippen molar-refractivity contribution in [2.24, 2.45) is 0 Å². The lowest BCUT2D eigenvalue weighted by Gasteiger charge is -2.02. The third-order valence-electron chi connectivity index (χ3n) is 2.95. The quantitative estimate of drug-likeness (QED) is 0.664. The Morgan fingerprint density at radius 1 is 1.16 bits per heavy atom. The largest absolute Gasteiger partial charge is 0.348 e. The van der Waals surface area contributed by atoms with Gasteiger partial charge in [0.1, 0.15) is 11.9 Å². The number of hydrogen-bond donors (Lipinski definition) is 2. The molecule has 0 bridgehead atoms. The van der Waals surface area contributed by atoms with Gasteiger partial charge in [-0.3, -0.25) is 9.78 Å². The number of anilines is 1. The second-order valence-electron chi connectivity index (χ2n) is 4.31. The molecule has 1 aromatic carbocycles. The second-order valence-corrected chi connectivity index (χ2v) is 4.31. The van der Waals surface area contributed by atoms with Crippen molar-refractivity contribution in [2.75, 3.05) is 5.73 Å². The molecule has 0 amide bonds. The molecular weight excluding hydrogens is 240 g/mol. The normalized spacial score (nSPS) is 10.7. The standard InChI is InChI=1S/C14H12N4O/c15-14-16-12-11(13(19)17-14)7-4-8-18(12)9-10-5-2-1-3-6-10/h1-8H,9H2,(H2,15,17,19)/p+1. The minimum Gasteiger partial charge on any atom is -0.348 e. The van der Waals surface area contributed by atoms with E-state index >= 15 is 0 Å². The van der Waals surface area contributed by atoms with Crippen LogP contribution in [0, 0.1) is 0 Å². The van der Waals surface area contributed by atoms with Crippen LogP contribution < -0.4 is 15.9 Å². The number of nitrogens with zero attached hydrogens (tertiary/aromatic N) is 2. The molecular formula is C14H13N4O+. The Morgan fingerprint density at radius 3 is 2.74 bits per heavy atom. The van der Waals surface area contributed by atoms with Crippen LogP contribution in [-0.2, 0) is 6.54 Å². The Morgan fingerprint density at radius 2 is 1.95 bits per heavy atom. The first kappa shape index (κ1) is 11.4. The summed E-state index contributed by atoms with van der Waals surface area (Å²) in [6, 6.07) is 13.6. The van der Waals surface area contributed by atoms with Crippen molar-refractivity contribution in [3.8, 4) is 0 Å². The molecule has 0 spiro atoms. The average Bonchev–Trinajstić information content (AvgIpc) is 2.41. The van der Waals surface area contributed by atoms with Crippen molar-refractivity contribution in [3.05, 3.63) is 64.6 Å². The van der Waals surface area contributed by atoms with Crippen molar-refractivity contribution >= 4 is 17.0 Å². The topological polar surface area (TPSA) is 75.7 Å². The number of pyridine rings is 1. The summed E-state index contributed by atoms with van der Waals surface area (Å²) in [5.74, 6) is 0.130. The molecule has 0 aliphatic heterocycles. The first-order chi connectivity index (χ1) is 9.24. The lowest BCUT2D eigenvalue weighted by atomic mass is 10.2. The molecule has 0 radical (unpaired) electrons. The van der Waals surface area contributed by atoms with E-state index in [9.17, 15) is 4.79 Å². The molecule has 0 aliphatic rings. The summed E-state index contributed by atoms with van der Waals surface area (Å²) < 4.78 is 1.91. The first-order valence-electron chi connectivity index (χ1n) is 5.96. The third-order valence-corrected chi connectivity index (χ3v) is 2.95. The molecule has 3 rings (SSSR count). The highest BCUT2D eigenvalue weighted by molar-refractivity contribution is 5.70. The van der Waals surface area contributed by atoms with E-state index < -0.39 is 0 Å². The monoisotopic (exact) mass is 253 g/mol. The molecule has 5 heteroatoms. The maximum absolute atomic E-state index is 11.8.